The fourth-order valence-electron chi connectivity index (χ4n) is 1.65. The zero-order valence-corrected chi connectivity index (χ0v) is 11.5. The van der Waals surface area contributed by atoms with Crippen LogP contribution in [-0.2, 0) is 11.2 Å². The van der Waals surface area contributed by atoms with E-state index in [0.29, 0.717) is 12.2 Å². The highest BCUT2D eigenvalue weighted by atomic mass is 16.5. The molecule has 3 nitrogen and oxygen atoms in total. The smallest absolute Gasteiger partial charge is 0.353 e. The molecule has 0 aromatic heterocycles. The quantitative estimate of drug-likeness (QED) is 0.337. The number of esters is 1. The van der Waals surface area contributed by atoms with Gasteiger partial charge in [0.15, 0.2) is 0 Å². The Bertz CT molecular complexity index is 480. The maximum atomic E-state index is 11.7. The second-order valence-corrected chi connectivity index (χ2v) is 4.27. The number of hydrogen-bond donors (Lipinski definition) is 0. The molecule has 0 spiro atoms. The zero-order chi connectivity index (χ0) is 14.1. The summed E-state index contributed by atoms with van der Waals surface area (Å²) < 4.78 is 5.15. The average molecular weight is 257 g/mol. The van der Waals surface area contributed by atoms with Gasteiger partial charge in [0.05, 0.1) is 0 Å². The number of aryl methyl sites for hydroxylation is 1. The van der Waals surface area contributed by atoms with Gasteiger partial charge >= 0.3 is 5.97 Å². The number of unbranched alkanes of at least 4 members (excludes halogenated alkanes) is 1. The van der Waals surface area contributed by atoms with Crippen molar-refractivity contribution in [1.82, 2.24) is 0 Å². The average Bonchev–Trinajstić information content (AvgIpc) is 2.43. The molecule has 0 amide bonds. The van der Waals surface area contributed by atoms with Gasteiger partial charge in [0.25, 0.3) is 0 Å². The van der Waals surface area contributed by atoms with Gasteiger partial charge in [-0.3, -0.25) is 0 Å². The van der Waals surface area contributed by atoms with E-state index in [9.17, 15) is 4.79 Å². The Morgan fingerprint density at radius 1 is 1.32 bits per heavy atom. The van der Waals surface area contributed by atoms with E-state index in [4.69, 9.17) is 10.00 Å². The van der Waals surface area contributed by atoms with E-state index in [0.717, 1.165) is 19.3 Å². The highest BCUT2D eigenvalue weighted by Crippen LogP contribution is 2.15. The van der Waals surface area contributed by atoms with Crippen molar-refractivity contribution in [2.75, 3.05) is 0 Å². The van der Waals surface area contributed by atoms with Crippen LogP contribution in [0.4, 0.5) is 0 Å². The third-order valence-corrected chi connectivity index (χ3v) is 2.70. The van der Waals surface area contributed by atoms with E-state index in [1.807, 2.05) is 25.1 Å². The Morgan fingerprint density at radius 2 is 2.00 bits per heavy atom. The molecule has 0 aliphatic heterocycles. The fourth-order valence-corrected chi connectivity index (χ4v) is 1.65. The molecule has 0 heterocycles. The van der Waals surface area contributed by atoms with Crippen molar-refractivity contribution in [3.05, 3.63) is 41.5 Å². The molecule has 0 atom stereocenters. The van der Waals surface area contributed by atoms with E-state index in [-0.39, 0.29) is 5.57 Å². The first kappa shape index (κ1) is 15.0. The Hall–Kier alpha value is -2.08. The maximum Gasteiger partial charge on any atom is 0.353 e. The third kappa shape index (κ3) is 4.97. The predicted octanol–water partition coefficient (Wildman–Crippen LogP) is 3.79. The minimum Gasteiger partial charge on any atom is -0.422 e. The van der Waals surface area contributed by atoms with Gasteiger partial charge in [-0.1, -0.05) is 38.5 Å². The molecule has 0 radical (unpaired) electrons. The molecular formula is C16H19NO2. The van der Waals surface area contributed by atoms with Crippen molar-refractivity contribution in [1.29, 1.82) is 5.26 Å². The van der Waals surface area contributed by atoms with Crippen molar-refractivity contribution in [3.63, 3.8) is 0 Å². The number of benzene rings is 1. The summed E-state index contributed by atoms with van der Waals surface area (Å²) in [5, 5.41) is 8.83. The van der Waals surface area contributed by atoms with Crippen LogP contribution in [0.1, 0.15) is 38.7 Å². The van der Waals surface area contributed by atoms with E-state index < -0.39 is 5.97 Å². The van der Waals surface area contributed by atoms with Crippen LogP contribution in [0, 0.1) is 11.3 Å². The Kier molecular flexibility index (Phi) is 6.38. The summed E-state index contributed by atoms with van der Waals surface area (Å²) in [6.45, 7) is 4.02. The Morgan fingerprint density at radius 3 is 2.53 bits per heavy atom. The summed E-state index contributed by atoms with van der Waals surface area (Å²) in [6, 6.07) is 9.29. The van der Waals surface area contributed by atoms with Crippen LogP contribution in [-0.4, -0.2) is 5.97 Å². The lowest BCUT2D eigenvalue weighted by atomic mass is 10.1. The number of allylic oxidation sites excluding steroid dienone is 1. The molecular weight excluding hydrogens is 238 g/mol. The molecule has 0 saturated heterocycles. The molecule has 0 bridgehead atoms. The standard InChI is InChI=1S/C16H19NO2/c1-3-5-7-13-8-10-15(11-9-13)19-16(18)14(12-17)6-4-2/h6,8-11H,3-5,7H2,1-2H3. The number of carbonyl (C=O) groups excluding carboxylic acids is 1. The van der Waals surface area contributed by atoms with E-state index in [1.54, 1.807) is 18.2 Å². The van der Waals surface area contributed by atoms with Gasteiger partial charge in [-0.15, -0.1) is 0 Å². The largest absolute Gasteiger partial charge is 0.422 e. The summed E-state index contributed by atoms with van der Waals surface area (Å²) in [6.07, 6.45) is 5.54. The zero-order valence-electron chi connectivity index (χ0n) is 11.5. The van der Waals surface area contributed by atoms with Crippen LogP contribution < -0.4 is 4.74 Å². The van der Waals surface area contributed by atoms with Gasteiger partial charge < -0.3 is 4.74 Å². The van der Waals surface area contributed by atoms with E-state index >= 15 is 0 Å². The van der Waals surface area contributed by atoms with Crippen molar-refractivity contribution in [2.24, 2.45) is 0 Å². The number of nitriles is 1. The maximum absolute atomic E-state index is 11.7. The first-order valence-electron chi connectivity index (χ1n) is 6.62. The van der Waals surface area contributed by atoms with Gasteiger partial charge in [-0.2, -0.15) is 5.26 Å². The summed E-state index contributed by atoms with van der Waals surface area (Å²) in [5.41, 5.74) is 1.28. The van der Waals surface area contributed by atoms with Crippen LogP contribution in [0.5, 0.6) is 5.75 Å². The fraction of sp³-hybridized carbons (Fsp3) is 0.375. The van der Waals surface area contributed by atoms with Gasteiger partial charge in [0, 0.05) is 0 Å². The number of ether oxygens (including phenoxy) is 1. The molecule has 0 aliphatic carbocycles. The molecule has 19 heavy (non-hydrogen) atoms. The summed E-state index contributed by atoms with van der Waals surface area (Å²) in [7, 11) is 0. The molecule has 100 valence electrons. The molecule has 0 fully saturated rings. The van der Waals surface area contributed by atoms with Crippen molar-refractivity contribution in [3.8, 4) is 11.8 Å². The Labute approximate surface area is 114 Å². The molecule has 0 aliphatic rings. The topological polar surface area (TPSA) is 50.1 Å². The van der Waals surface area contributed by atoms with Crippen molar-refractivity contribution < 1.29 is 9.53 Å². The van der Waals surface area contributed by atoms with Crippen LogP contribution in [0.2, 0.25) is 0 Å². The second kappa shape index (κ2) is 8.10. The minimum absolute atomic E-state index is 0.0533. The third-order valence-electron chi connectivity index (χ3n) is 2.70. The molecule has 0 saturated carbocycles. The molecule has 0 N–H and O–H groups in total. The van der Waals surface area contributed by atoms with Gasteiger partial charge in [-0.25, -0.2) is 4.79 Å². The van der Waals surface area contributed by atoms with Crippen LogP contribution in [0.25, 0.3) is 0 Å². The summed E-state index contributed by atoms with van der Waals surface area (Å²) in [5.74, 6) is -0.117. The summed E-state index contributed by atoms with van der Waals surface area (Å²) >= 11 is 0. The van der Waals surface area contributed by atoms with E-state index in [1.165, 1.54) is 5.56 Å². The van der Waals surface area contributed by atoms with Crippen LogP contribution in [0.3, 0.4) is 0 Å². The minimum atomic E-state index is -0.592. The second-order valence-electron chi connectivity index (χ2n) is 4.27. The van der Waals surface area contributed by atoms with Gasteiger partial charge in [0.1, 0.15) is 17.4 Å². The highest BCUT2D eigenvalue weighted by Gasteiger charge is 2.10. The van der Waals surface area contributed by atoms with Crippen molar-refractivity contribution in [2.45, 2.75) is 39.5 Å². The van der Waals surface area contributed by atoms with Gasteiger partial charge in [-0.05, 0) is 37.0 Å². The number of hydrogen-bond acceptors (Lipinski definition) is 3. The van der Waals surface area contributed by atoms with Crippen molar-refractivity contribution >= 4 is 5.97 Å². The first-order chi connectivity index (χ1) is 9.21. The molecule has 1 aromatic rings. The lowest BCUT2D eigenvalue weighted by Gasteiger charge is -2.05. The number of rotatable bonds is 6. The SMILES string of the molecule is CCC=C(C#N)C(=O)Oc1ccc(CCCC)cc1. The Balaban J connectivity index is 2.65. The van der Waals surface area contributed by atoms with Crippen LogP contribution >= 0.6 is 0 Å². The number of nitrogens with zero attached hydrogens (tertiary/aromatic N) is 1. The predicted molar refractivity (Wildman–Crippen MR) is 74.7 cm³/mol. The first-order valence-corrected chi connectivity index (χ1v) is 6.62. The molecule has 1 rings (SSSR count). The molecule has 0 unspecified atom stereocenters. The van der Waals surface area contributed by atoms with Gasteiger partial charge in [0.2, 0.25) is 0 Å². The lowest BCUT2D eigenvalue weighted by Crippen LogP contribution is -2.10. The summed E-state index contributed by atoms with van der Waals surface area (Å²) in [4.78, 5) is 11.7. The monoisotopic (exact) mass is 257 g/mol. The highest BCUT2D eigenvalue weighted by molar-refractivity contribution is 5.94. The van der Waals surface area contributed by atoms with E-state index in [2.05, 4.69) is 6.92 Å². The normalized spacial score (nSPS) is 10.9. The lowest BCUT2D eigenvalue weighted by molar-refractivity contribution is -0.129. The molecule has 3 heteroatoms. The number of carbonyl (C=O) groups is 1. The van der Waals surface area contributed by atoms with Crippen LogP contribution in [0.15, 0.2) is 35.9 Å². The molecule has 1 aromatic carbocycles.